The van der Waals surface area contributed by atoms with Gasteiger partial charge in [-0.15, -0.1) is 0 Å². The van der Waals surface area contributed by atoms with E-state index in [0.717, 1.165) is 5.56 Å². The van der Waals surface area contributed by atoms with E-state index in [1.807, 2.05) is 30.3 Å². The van der Waals surface area contributed by atoms with E-state index in [4.69, 9.17) is 42.6 Å². The molecule has 0 aromatic heterocycles. The minimum atomic E-state index is -2.04. The summed E-state index contributed by atoms with van der Waals surface area (Å²) in [6.07, 6.45) is -17.6. The van der Waals surface area contributed by atoms with Crippen molar-refractivity contribution in [3.05, 3.63) is 215 Å². The first-order valence-electron chi connectivity index (χ1n) is 22.3. The molecule has 2 aliphatic heterocycles. The van der Waals surface area contributed by atoms with Gasteiger partial charge in [0.2, 0.25) is 0 Å². The number of aliphatic hydroxyl groups is 2. The minimum Gasteiger partial charge on any atom is -0.459 e. The molecular formula is C54H48O16. The minimum absolute atomic E-state index is 0.0534. The van der Waals surface area contributed by atoms with Crippen LogP contribution in [0.1, 0.15) is 57.4 Å². The van der Waals surface area contributed by atoms with Gasteiger partial charge >= 0.3 is 29.8 Å². The van der Waals surface area contributed by atoms with Gasteiger partial charge in [-0.1, -0.05) is 121 Å². The summed E-state index contributed by atoms with van der Waals surface area (Å²) in [5.41, 5.74) is 1.23. The van der Waals surface area contributed by atoms with Crippen LogP contribution in [0.25, 0.3) is 0 Å². The van der Waals surface area contributed by atoms with Crippen molar-refractivity contribution in [2.75, 3.05) is 13.2 Å². The Balaban J connectivity index is 1.21. The molecule has 2 aliphatic rings. The van der Waals surface area contributed by atoms with E-state index < -0.39 is 97.9 Å². The van der Waals surface area contributed by atoms with Crippen LogP contribution in [0.3, 0.4) is 0 Å². The second-order valence-electron chi connectivity index (χ2n) is 16.1. The van der Waals surface area contributed by atoms with Gasteiger partial charge in [-0.25, -0.2) is 24.0 Å². The maximum atomic E-state index is 14.1. The van der Waals surface area contributed by atoms with Crippen LogP contribution >= 0.6 is 0 Å². The average Bonchev–Trinajstić information content (AvgIpc) is 3.40. The van der Waals surface area contributed by atoms with Crippen LogP contribution in [0, 0.1) is 0 Å². The summed E-state index contributed by atoms with van der Waals surface area (Å²) in [6.45, 7) is -0.945. The molecule has 2 heterocycles. The maximum absolute atomic E-state index is 14.1. The zero-order chi connectivity index (χ0) is 48.8. The molecule has 0 spiro atoms. The van der Waals surface area contributed by atoms with Crippen molar-refractivity contribution in [2.24, 2.45) is 0 Å². The van der Waals surface area contributed by atoms with Gasteiger partial charge in [0.05, 0.1) is 41.0 Å². The van der Waals surface area contributed by atoms with Crippen LogP contribution in [0.2, 0.25) is 0 Å². The second kappa shape index (κ2) is 23.6. The number of carbonyl (C=O) groups excluding carboxylic acids is 5. The fourth-order valence-electron chi connectivity index (χ4n) is 7.75. The van der Waals surface area contributed by atoms with Crippen molar-refractivity contribution < 1.29 is 76.8 Å². The normalized spacial score (nSPS) is 24.0. The van der Waals surface area contributed by atoms with Crippen molar-refractivity contribution >= 4 is 29.8 Å². The molecule has 0 aliphatic carbocycles. The molecular weight excluding hydrogens is 905 g/mol. The van der Waals surface area contributed by atoms with Crippen LogP contribution in [0.4, 0.5) is 0 Å². The Bertz CT molecular complexity index is 2640. The average molecular weight is 953 g/mol. The highest BCUT2D eigenvalue weighted by Gasteiger charge is 2.56. The summed E-state index contributed by atoms with van der Waals surface area (Å²) in [5, 5.41) is 23.8. The van der Waals surface area contributed by atoms with Crippen LogP contribution in [-0.4, -0.2) is 115 Å². The smallest absolute Gasteiger partial charge is 0.338 e. The van der Waals surface area contributed by atoms with E-state index in [1.165, 1.54) is 60.7 Å². The van der Waals surface area contributed by atoms with Gasteiger partial charge in [-0.2, -0.15) is 0 Å². The number of aliphatic hydroxyl groups excluding tert-OH is 2. The summed E-state index contributed by atoms with van der Waals surface area (Å²) < 4.78 is 55.1. The Morgan fingerprint density at radius 2 is 0.786 bits per heavy atom. The number of rotatable bonds is 17. The Morgan fingerprint density at radius 1 is 0.400 bits per heavy atom. The first-order chi connectivity index (χ1) is 34.1. The molecule has 2 N–H and O–H groups in total. The molecule has 0 bridgehead atoms. The summed E-state index contributed by atoms with van der Waals surface area (Å²) in [6, 6.07) is 48.4. The van der Waals surface area contributed by atoms with Gasteiger partial charge in [-0.05, 0) is 66.2 Å². The zero-order valence-corrected chi connectivity index (χ0v) is 37.3. The fourth-order valence-corrected chi connectivity index (χ4v) is 7.75. The highest BCUT2D eigenvalue weighted by molar-refractivity contribution is 5.92. The van der Waals surface area contributed by atoms with E-state index in [0.29, 0.717) is 0 Å². The molecule has 8 rings (SSSR count). The van der Waals surface area contributed by atoms with Crippen molar-refractivity contribution in [3.8, 4) is 0 Å². The predicted molar refractivity (Wildman–Crippen MR) is 246 cm³/mol. The molecule has 16 nitrogen and oxygen atoms in total. The molecule has 16 heteroatoms. The highest BCUT2D eigenvalue weighted by Crippen LogP contribution is 2.35. The van der Waals surface area contributed by atoms with E-state index in [9.17, 15) is 34.2 Å². The number of hydrogen-bond donors (Lipinski definition) is 2. The van der Waals surface area contributed by atoms with Gasteiger partial charge in [0.15, 0.2) is 37.0 Å². The molecule has 6 aromatic rings. The number of esters is 5. The summed E-state index contributed by atoms with van der Waals surface area (Å²) in [7, 11) is 0. The second-order valence-corrected chi connectivity index (χ2v) is 16.1. The summed E-state index contributed by atoms with van der Waals surface area (Å²) in [5.74, 6) is -4.56. The number of carbonyl (C=O) groups is 5. The number of benzene rings is 6. The Kier molecular flexibility index (Phi) is 16.5. The van der Waals surface area contributed by atoms with Crippen molar-refractivity contribution in [3.63, 3.8) is 0 Å². The Morgan fingerprint density at radius 3 is 1.24 bits per heavy atom. The van der Waals surface area contributed by atoms with Gasteiger partial charge in [0.25, 0.3) is 0 Å². The quantitative estimate of drug-likeness (QED) is 0.0776. The molecule has 0 amide bonds. The van der Waals surface area contributed by atoms with Gasteiger partial charge < -0.3 is 52.8 Å². The maximum Gasteiger partial charge on any atom is 0.338 e. The fraction of sp³-hybridized carbons (Fsp3) is 0.241. The summed E-state index contributed by atoms with van der Waals surface area (Å²) >= 11 is 0. The van der Waals surface area contributed by atoms with Crippen molar-refractivity contribution in [1.29, 1.82) is 0 Å². The van der Waals surface area contributed by atoms with Crippen molar-refractivity contribution in [2.45, 2.75) is 68.0 Å². The van der Waals surface area contributed by atoms with E-state index in [1.54, 1.807) is 91.0 Å². The lowest BCUT2D eigenvalue weighted by Gasteiger charge is -2.48. The molecule has 0 radical (unpaired) electrons. The Hall–Kier alpha value is -7.57. The zero-order valence-electron chi connectivity index (χ0n) is 37.3. The molecule has 0 unspecified atom stereocenters. The van der Waals surface area contributed by atoms with Gasteiger partial charge in [-0.3, -0.25) is 0 Å². The van der Waals surface area contributed by atoms with Crippen molar-refractivity contribution in [1.82, 2.24) is 0 Å². The van der Waals surface area contributed by atoms with E-state index in [2.05, 4.69) is 0 Å². The van der Waals surface area contributed by atoms with E-state index in [-0.39, 0.29) is 41.0 Å². The molecule has 2 fully saturated rings. The monoisotopic (exact) mass is 952 g/mol. The lowest BCUT2D eigenvalue weighted by atomic mass is 9.96. The Labute approximate surface area is 402 Å². The first kappa shape index (κ1) is 48.9. The topological polar surface area (TPSA) is 209 Å². The third-order valence-electron chi connectivity index (χ3n) is 11.3. The largest absolute Gasteiger partial charge is 0.459 e. The van der Waals surface area contributed by atoms with Crippen LogP contribution < -0.4 is 0 Å². The predicted octanol–water partition coefficient (Wildman–Crippen LogP) is 6.15. The first-order valence-corrected chi connectivity index (χ1v) is 22.3. The van der Waals surface area contributed by atoms with Gasteiger partial charge in [0.1, 0.15) is 31.0 Å². The van der Waals surface area contributed by atoms with E-state index >= 15 is 0 Å². The standard InChI is InChI=1S/C54H48O16/c55-42-40(32-62-31-34-19-7-1-8-20-34)65-54(47(69-52(60)39-29-17-6-18-30-39)44(42)66-49(57)36-23-11-3-12-24-36)70-43-41(33-63-48(56)35-21-9-2-10-22-35)64-53(61)46(68-51(59)38-27-15-5-16-28-38)45(43)67-50(58)37-25-13-4-14-26-37/h1-30,40-47,53-55,61H,31-33H2/t40-,41-,42+,43+,44+,45+,46-,47-,53-,54-/m1/s1. The molecule has 70 heavy (non-hydrogen) atoms. The molecule has 6 aromatic carbocycles. The molecule has 10 atom stereocenters. The molecule has 360 valence electrons. The third-order valence-corrected chi connectivity index (χ3v) is 11.3. The molecule has 0 saturated carbocycles. The van der Waals surface area contributed by atoms with Crippen LogP contribution in [-0.2, 0) is 49.2 Å². The highest BCUT2D eigenvalue weighted by atomic mass is 16.8. The summed E-state index contributed by atoms with van der Waals surface area (Å²) in [4.78, 5) is 69.2. The van der Waals surface area contributed by atoms with Crippen LogP contribution in [0.15, 0.2) is 182 Å². The lowest BCUT2D eigenvalue weighted by molar-refractivity contribution is -0.353. The third kappa shape index (κ3) is 12.4. The number of hydrogen-bond acceptors (Lipinski definition) is 16. The molecule has 2 saturated heterocycles. The number of ether oxygens (including phenoxy) is 9. The van der Waals surface area contributed by atoms with Gasteiger partial charge in [0, 0.05) is 0 Å². The SMILES string of the molecule is O=C(OC[C@H]1O[C@@H](O)[C@H](OC(=O)c2ccccc2)[C@@H](OC(=O)c2ccccc2)[C@H]1O[C@H]1O[C@H](COCc2ccccc2)[C@H](O)[C@H](OC(=O)c2ccccc2)[C@H]1OC(=O)c1ccccc1)c1ccccc1. The lowest BCUT2D eigenvalue weighted by Crippen LogP contribution is -2.66. The van der Waals surface area contributed by atoms with Crippen LogP contribution in [0.5, 0.6) is 0 Å².